The molecule has 6 nitrogen and oxygen atoms in total. The Kier molecular flexibility index (Phi) is 3.39. The van der Waals surface area contributed by atoms with E-state index in [2.05, 4.69) is 15.2 Å². The number of carbonyl (C=O) groups is 1. The van der Waals surface area contributed by atoms with Crippen LogP contribution in [0.15, 0.2) is 35.1 Å². The zero-order valence-corrected chi connectivity index (χ0v) is 10.9. The summed E-state index contributed by atoms with van der Waals surface area (Å²) in [6, 6.07) is 5.41. The molecule has 104 valence electrons. The van der Waals surface area contributed by atoms with Crippen molar-refractivity contribution in [2.24, 2.45) is 0 Å². The first kappa shape index (κ1) is 12.7. The van der Waals surface area contributed by atoms with Crippen molar-refractivity contribution in [2.45, 2.75) is 13.0 Å². The maximum Gasteiger partial charge on any atom is 0.410 e. The molecule has 0 saturated carbocycles. The van der Waals surface area contributed by atoms with Crippen LogP contribution in [-0.4, -0.2) is 34.2 Å². The maximum atomic E-state index is 10.7. The standard InChI is InChI=1S/C14H15N3O3/c18-14(19)16-13-3-2-11(10-4-7-20-9-10)12(15-13)8-17-5-1-6-17/h2-4,7,9H,1,5-6,8H2,(H,15,16)(H,18,19). The molecule has 1 amide bonds. The first-order valence-corrected chi connectivity index (χ1v) is 6.47. The number of likely N-dealkylation sites (tertiary alicyclic amines) is 1. The predicted octanol–water partition coefficient (Wildman–Crippen LogP) is 2.64. The zero-order valence-electron chi connectivity index (χ0n) is 10.9. The van der Waals surface area contributed by atoms with Crippen LogP contribution in [0.5, 0.6) is 0 Å². The quantitative estimate of drug-likeness (QED) is 0.895. The molecule has 2 aromatic heterocycles. The lowest BCUT2D eigenvalue weighted by Crippen LogP contribution is -2.36. The molecule has 0 aliphatic carbocycles. The molecule has 1 saturated heterocycles. The molecule has 0 spiro atoms. The fourth-order valence-corrected chi connectivity index (χ4v) is 2.23. The van der Waals surface area contributed by atoms with Gasteiger partial charge in [-0.15, -0.1) is 0 Å². The van der Waals surface area contributed by atoms with Crippen LogP contribution in [0.2, 0.25) is 0 Å². The summed E-state index contributed by atoms with van der Waals surface area (Å²) in [5.41, 5.74) is 2.79. The third-order valence-electron chi connectivity index (χ3n) is 3.36. The normalized spacial score (nSPS) is 14.8. The lowest BCUT2D eigenvalue weighted by atomic mass is 10.1. The van der Waals surface area contributed by atoms with Crippen LogP contribution in [0.25, 0.3) is 11.1 Å². The van der Waals surface area contributed by atoms with Crippen molar-refractivity contribution in [3.63, 3.8) is 0 Å². The molecule has 3 rings (SSSR count). The fourth-order valence-electron chi connectivity index (χ4n) is 2.23. The Hall–Kier alpha value is -2.34. The molecule has 0 aromatic carbocycles. The molecule has 0 bridgehead atoms. The Labute approximate surface area is 116 Å². The van der Waals surface area contributed by atoms with E-state index in [1.807, 2.05) is 12.1 Å². The van der Waals surface area contributed by atoms with Crippen LogP contribution < -0.4 is 5.32 Å². The minimum Gasteiger partial charge on any atom is -0.472 e. The Balaban J connectivity index is 1.93. The van der Waals surface area contributed by atoms with Crippen molar-refractivity contribution in [1.82, 2.24) is 9.88 Å². The molecule has 1 fully saturated rings. The number of pyridine rings is 1. The van der Waals surface area contributed by atoms with Gasteiger partial charge in [0.15, 0.2) is 0 Å². The number of nitrogens with one attached hydrogen (secondary N) is 1. The van der Waals surface area contributed by atoms with E-state index in [4.69, 9.17) is 9.52 Å². The van der Waals surface area contributed by atoms with Gasteiger partial charge in [-0.25, -0.2) is 9.78 Å². The molecule has 0 radical (unpaired) electrons. The van der Waals surface area contributed by atoms with Gasteiger partial charge in [0.1, 0.15) is 5.82 Å². The highest BCUT2D eigenvalue weighted by molar-refractivity contribution is 5.82. The van der Waals surface area contributed by atoms with E-state index in [9.17, 15) is 4.79 Å². The second-order valence-electron chi connectivity index (χ2n) is 4.76. The number of furan rings is 1. The number of carboxylic acid groups (broad SMARTS) is 1. The number of hydrogen-bond acceptors (Lipinski definition) is 4. The first-order chi connectivity index (χ1) is 9.72. The van der Waals surface area contributed by atoms with Crippen LogP contribution in [0.1, 0.15) is 12.1 Å². The molecule has 0 unspecified atom stereocenters. The average molecular weight is 273 g/mol. The summed E-state index contributed by atoms with van der Waals surface area (Å²) >= 11 is 0. The van der Waals surface area contributed by atoms with Crippen molar-refractivity contribution in [2.75, 3.05) is 18.4 Å². The van der Waals surface area contributed by atoms with Gasteiger partial charge in [0.25, 0.3) is 0 Å². The molecule has 6 heteroatoms. The fraction of sp³-hybridized carbons (Fsp3) is 0.286. The Bertz CT molecular complexity index is 606. The maximum absolute atomic E-state index is 10.7. The van der Waals surface area contributed by atoms with Crippen molar-refractivity contribution in [3.05, 3.63) is 36.4 Å². The number of anilines is 1. The third kappa shape index (κ3) is 2.65. The van der Waals surface area contributed by atoms with Gasteiger partial charge in [-0.1, -0.05) is 0 Å². The van der Waals surface area contributed by atoms with Gasteiger partial charge in [0, 0.05) is 17.7 Å². The van der Waals surface area contributed by atoms with E-state index in [0.717, 1.165) is 36.5 Å². The number of hydrogen-bond donors (Lipinski definition) is 2. The highest BCUT2D eigenvalue weighted by Crippen LogP contribution is 2.26. The monoisotopic (exact) mass is 273 g/mol. The molecule has 20 heavy (non-hydrogen) atoms. The number of amides is 1. The minimum absolute atomic E-state index is 0.347. The first-order valence-electron chi connectivity index (χ1n) is 6.47. The van der Waals surface area contributed by atoms with Crippen LogP contribution in [0.4, 0.5) is 10.6 Å². The van der Waals surface area contributed by atoms with Gasteiger partial charge in [-0.05, 0) is 37.7 Å². The van der Waals surface area contributed by atoms with E-state index in [0.29, 0.717) is 5.82 Å². The lowest BCUT2D eigenvalue weighted by Gasteiger charge is -2.30. The number of rotatable bonds is 4. The molecule has 2 aromatic rings. The summed E-state index contributed by atoms with van der Waals surface area (Å²) in [7, 11) is 0. The SMILES string of the molecule is O=C(O)Nc1ccc(-c2ccoc2)c(CN2CCC2)n1. The summed E-state index contributed by atoms with van der Waals surface area (Å²) in [6.07, 6.45) is 3.38. The van der Waals surface area contributed by atoms with Crippen LogP contribution in [0.3, 0.4) is 0 Å². The van der Waals surface area contributed by atoms with Crippen LogP contribution in [-0.2, 0) is 6.54 Å². The molecular formula is C14H15N3O3. The highest BCUT2D eigenvalue weighted by Gasteiger charge is 2.18. The van der Waals surface area contributed by atoms with Crippen LogP contribution >= 0.6 is 0 Å². The topological polar surface area (TPSA) is 78.6 Å². The average Bonchev–Trinajstić information content (AvgIpc) is 2.87. The molecule has 3 heterocycles. The molecule has 1 aliphatic heterocycles. The second-order valence-corrected chi connectivity index (χ2v) is 4.76. The summed E-state index contributed by atoms with van der Waals surface area (Å²) in [5.74, 6) is 0.347. The lowest BCUT2D eigenvalue weighted by molar-refractivity contribution is 0.171. The van der Waals surface area contributed by atoms with Crippen LogP contribution in [0, 0.1) is 0 Å². The largest absolute Gasteiger partial charge is 0.472 e. The highest BCUT2D eigenvalue weighted by atomic mass is 16.4. The zero-order chi connectivity index (χ0) is 13.9. The van der Waals surface area contributed by atoms with Gasteiger partial charge < -0.3 is 9.52 Å². The van der Waals surface area contributed by atoms with Gasteiger partial charge in [0.2, 0.25) is 0 Å². The predicted molar refractivity (Wildman–Crippen MR) is 73.5 cm³/mol. The molecular weight excluding hydrogens is 258 g/mol. The summed E-state index contributed by atoms with van der Waals surface area (Å²) in [6.45, 7) is 2.84. The van der Waals surface area contributed by atoms with E-state index < -0.39 is 6.09 Å². The van der Waals surface area contributed by atoms with E-state index >= 15 is 0 Å². The van der Waals surface area contributed by atoms with Gasteiger partial charge in [-0.3, -0.25) is 10.2 Å². The molecule has 0 atom stereocenters. The van der Waals surface area contributed by atoms with Crippen molar-refractivity contribution < 1.29 is 14.3 Å². The van der Waals surface area contributed by atoms with Gasteiger partial charge in [0.05, 0.1) is 18.2 Å². The Morgan fingerprint density at radius 2 is 2.25 bits per heavy atom. The van der Waals surface area contributed by atoms with Gasteiger partial charge >= 0.3 is 6.09 Å². The smallest absolute Gasteiger partial charge is 0.410 e. The van der Waals surface area contributed by atoms with Crippen molar-refractivity contribution in [1.29, 1.82) is 0 Å². The number of aromatic nitrogens is 1. The molecule has 2 N–H and O–H groups in total. The van der Waals surface area contributed by atoms with Crippen molar-refractivity contribution >= 4 is 11.9 Å². The summed E-state index contributed by atoms with van der Waals surface area (Å²) in [5, 5.41) is 11.1. The van der Waals surface area contributed by atoms with E-state index in [-0.39, 0.29) is 0 Å². The van der Waals surface area contributed by atoms with Crippen molar-refractivity contribution in [3.8, 4) is 11.1 Å². The third-order valence-corrected chi connectivity index (χ3v) is 3.36. The second kappa shape index (κ2) is 5.34. The summed E-state index contributed by atoms with van der Waals surface area (Å²) < 4.78 is 5.11. The summed E-state index contributed by atoms with van der Waals surface area (Å²) in [4.78, 5) is 17.4. The minimum atomic E-state index is -1.11. The Morgan fingerprint density at radius 3 is 2.85 bits per heavy atom. The number of nitrogens with zero attached hydrogens (tertiary/aromatic N) is 2. The molecule has 1 aliphatic rings. The van der Waals surface area contributed by atoms with E-state index in [1.54, 1.807) is 18.6 Å². The Morgan fingerprint density at radius 1 is 1.40 bits per heavy atom. The van der Waals surface area contributed by atoms with Gasteiger partial charge in [-0.2, -0.15) is 0 Å². The van der Waals surface area contributed by atoms with E-state index in [1.165, 1.54) is 6.42 Å².